The lowest BCUT2D eigenvalue weighted by atomic mass is 10.2. The van der Waals surface area contributed by atoms with Crippen LogP contribution in [0.4, 0.5) is 11.4 Å². The van der Waals surface area contributed by atoms with Crippen molar-refractivity contribution in [3.05, 3.63) is 78.1 Å². The Labute approximate surface area is 157 Å². The zero-order valence-corrected chi connectivity index (χ0v) is 14.8. The van der Waals surface area contributed by atoms with Crippen molar-refractivity contribution in [1.82, 2.24) is 9.78 Å². The van der Waals surface area contributed by atoms with Crippen LogP contribution in [0.2, 0.25) is 0 Å². The molecule has 136 valence electrons. The van der Waals surface area contributed by atoms with E-state index in [1.54, 1.807) is 41.3 Å². The predicted octanol–water partition coefficient (Wildman–Crippen LogP) is 3.53. The molecule has 0 spiro atoms. The molecule has 0 radical (unpaired) electrons. The second kappa shape index (κ2) is 7.45. The van der Waals surface area contributed by atoms with Crippen LogP contribution < -0.4 is 10.6 Å². The van der Waals surface area contributed by atoms with Crippen molar-refractivity contribution in [2.45, 2.75) is 19.4 Å². The van der Waals surface area contributed by atoms with Gasteiger partial charge < -0.3 is 10.6 Å². The van der Waals surface area contributed by atoms with E-state index in [1.165, 1.54) is 0 Å². The van der Waals surface area contributed by atoms with Crippen LogP contribution in [0.25, 0.3) is 0 Å². The maximum atomic E-state index is 12.4. The first-order chi connectivity index (χ1) is 13.2. The van der Waals surface area contributed by atoms with Gasteiger partial charge in [0.05, 0.1) is 18.3 Å². The maximum absolute atomic E-state index is 12.4. The molecule has 2 aromatic carbocycles. The molecule has 1 heterocycles. The van der Waals surface area contributed by atoms with Crippen molar-refractivity contribution in [2.75, 3.05) is 10.6 Å². The standard InChI is InChI=1S/C21H20N4O2/c26-20(16-6-7-16)23-18-8-10-19(11-9-18)24-21(27)17-12-22-25(14-17)13-15-4-2-1-3-5-15/h1-5,8-12,14,16H,6-7,13H2,(H,23,26)(H,24,27). The summed E-state index contributed by atoms with van der Waals surface area (Å²) >= 11 is 0. The third-order valence-electron chi connectivity index (χ3n) is 4.44. The fourth-order valence-corrected chi connectivity index (χ4v) is 2.77. The average Bonchev–Trinajstić information content (AvgIpc) is 3.44. The smallest absolute Gasteiger partial charge is 0.258 e. The van der Waals surface area contributed by atoms with Crippen LogP contribution >= 0.6 is 0 Å². The minimum Gasteiger partial charge on any atom is -0.326 e. The molecule has 2 N–H and O–H groups in total. The van der Waals surface area contributed by atoms with Gasteiger partial charge in [-0.3, -0.25) is 14.3 Å². The van der Waals surface area contributed by atoms with E-state index in [-0.39, 0.29) is 17.7 Å². The molecular formula is C21H20N4O2. The zero-order valence-electron chi connectivity index (χ0n) is 14.8. The Morgan fingerprint density at radius 3 is 2.30 bits per heavy atom. The van der Waals surface area contributed by atoms with Gasteiger partial charge in [0.15, 0.2) is 0 Å². The van der Waals surface area contributed by atoms with E-state index in [4.69, 9.17) is 0 Å². The van der Waals surface area contributed by atoms with Gasteiger partial charge in [-0.1, -0.05) is 30.3 Å². The number of hydrogen-bond acceptors (Lipinski definition) is 3. The van der Waals surface area contributed by atoms with Crippen LogP contribution in [-0.4, -0.2) is 21.6 Å². The number of amides is 2. The number of rotatable bonds is 6. The second-order valence-electron chi connectivity index (χ2n) is 6.71. The highest BCUT2D eigenvalue weighted by Crippen LogP contribution is 2.30. The summed E-state index contributed by atoms with van der Waals surface area (Å²) in [7, 11) is 0. The number of anilines is 2. The summed E-state index contributed by atoms with van der Waals surface area (Å²) in [6, 6.07) is 17.1. The number of nitrogens with one attached hydrogen (secondary N) is 2. The summed E-state index contributed by atoms with van der Waals surface area (Å²) in [6.45, 7) is 0.615. The monoisotopic (exact) mass is 360 g/mol. The Morgan fingerprint density at radius 2 is 1.63 bits per heavy atom. The first kappa shape index (κ1) is 17.0. The molecule has 27 heavy (non-hydrogen) atoms. The quantitative estimate of drug-likeness (QED) is 0.706. The van der Waals surface area contributed by atoms with Gasteiger partial charge >= 0.3 is 0 Å². The van der Waals surface area contributed by atoms with E-state index >= 15 is 0 Å². The molecule has 1 aliphatic rings. The van der Waals surface area contributed by atoms with Gasteiger partial charge in [0.25, 0.3) is 5.91 Å². The Bertz CT molecular complexity index is 944. The number of aromatic nitrogens is 2. The molecule has 0 atom stereocenters. The van der Waals surface area contributed by atoms with Crippen molar-refractivity contribution in [3.8, 4) is 0 Å². The van der Waals surface area contributed by atoms with E-state index in [0.717, 1.165) is 24.1 Å². The normalized spacial score (nSPS) is 13.2. The lowest BCUT2D eigenvalue weighted by Gasteiger charge is -2.07. The fourth-order valence-electron chi connectivity index (χ4n) is 2.77. The van der Waals surface area contributed by atoms with Gasteiger partial charge in [0.2, 0.25) is 5.91 Å². The summed E-state index contributed by atoms with van der Waals surface area (Å²) in [5.41, 5.74) is 3.02. The highest BCUT2D eigenvalue weighted by molar-refractivity contribution is 6.04. The number of hydrogen-bond donors (Lipinski definition) is 2. The van der Waals surface area contributed by atoms with Crippen molar-refractivity contribution >= 4 is 23.2 Å². The third-order valence-corrected chi connectivity index (χ3v) is 4.44. The second-order valence-corrected chi connectivity index (χ2v) is 6.71. The Morgan fingerprint density at radius 1 is 0.963 bits per heavy atom. The van der Waals surface area contributed by atoms with Crippen molar-refractivity contribution in [3.63, 3.8) is 0 Å². The van der Waals surface area contributed by atoms with E-state index in [0.29, 0.717) is 17.8 Å². The Kier molecular flexibility index (Phi) is 4.70. The molecule has 1 fully saturated rings. The largest absolute Gasteiger partial charge is 0.326 e. The van der Waals surface area contributed by atoms with Gasteiger partial charge in [-0.15, -0.1) is 0 Å². The fraction of sp³-hybridized carbons (Fsp3) is 0.190. The summed E-state index contributed by atoms with van der Waals surface area (Å²) in [5, 5.41) is 9.98. The predicted molar refractivity (Wildman–Crippen MR) is 104 cm³/mol. The molecule has 1 aliphatic carbocycles. The summed E-state index contributed by atoms with van der Waals surface area (Å²) in [5.74, 6) is 0.0125. The summed E-state index contributed by atoms with van der Waals surface area (Å²) < 4.78 is 1.74. The van der Waals surface area contributed by atoms with E-state index in [9.17, 15) is 9.59 Å². The SMILES string of the molecule is O=C(Nc1ccc(NC(=O)C2CC2)cc1)c1cnn(Cc2ccccc2)c1. The van der Waals surface area contributed by atoms with Crippen molar-refractivity contribution < 1.29 is 9.59 Å². The minimum atomic E-state index is -0.218. The summed E-state index contributed by atoms with van der Waals surface area (Å²) in [6.07, 6.45) is 5.23. The molecule has 1 aromatic heterocycles. The highest BCUT2D eigenvalue weighted by atomic mass is 16.2. The van der Waals surface area contributed by atoms with Gasteiger partial charge in [0, 0.05) is 23.5 Å². The molecule has 1 saturated carbocycles. The molecular weight excluding hydrogens is 340 g/mol. The lowest BCUT2D eigenvalue weighted by molar-refractivity contribution is -0.117. The molecule has 0 saturated heterocycles. The molecule has 0 unspecified atom stereocenters. The molecule has 2 amide bonds. The van der Waals surface area contributed by atoms with Gasteiger partial charge in [-0.05, 0) is 42.7 Å². The summed E-state index contributed by atoms with van der Waals surface area (Å²) in [4.78, 5) is 24.2. The maximum Gasteiger partial charge on any atom is 0.258 e. The zero-order chi connectivity index (χ0) is 18.6. The lowest BCUT2D eigenvalue weighted by Crippen LogP contribution is -2.14. The minimum absolute atomic E-state index is 0.0672. The molecule has 0 bridgehead atoms. The van der Waals surface area contributed by atoms with Crippen LogP contribution in [0.15, 0.2) is 67.0 Å². The number of carbonyl (C=O) groups is 2. The van der Waals surface area contributed by atoms with Crippen LogP contribution in [0.5, 0.6) is 0 Å². The Balaban J connectivity index is 1.35. The van der Waals surface area contributed by atoms with Crippen LogP contribution in [0.1, 0.15) is 28.8 Å². The van der Waals surface area contributed by atoms with Crippen molar-refractivity contribution in [2.24, 2.45) is 5.92 Å². The van der Waals surface area contributed by atoms with E-state index in [2.05, 4.69) is 15.7 Å². The van der Waals surface area contributed by atoms with Gasteiger partial charge in [-0.25, -0.2) is 0 Å². The third kappa shape index (κ3) is 4.41. The highest BCUT2D eigenvalue weighted by Gasteiger charge is 2.29. The first-order valence-electron chi connectivity index (χ1n) is 8.96. The van der Waals surface area contributed by atoms with Crippen LogP contribution in [0.3, 0.4) is 0 Å². The molecule has 0 aliphatic heterocycles. The average molecular weight is 360 g/mol. The number of nitrogens with zero attached hydrogens (tertiary/aromatic N) is 2. The first-order valence-corrected chi connectivity index (χ1v) is 8.96. The van der Waals surface area contributed by atoms with Crippen LogP contribution in [0, 0.1) is 5.92 Å². The van der Waals surface area contributed by atoms with Crippen LogP contribution in [-0.2, 0) is 11.3 Å². The Hall–Kier alpha value is -3.41. The van der Waals surface area contributed by atoms with Gasteiger partial charge in [-0.2, -0.15) is 5.10 Å². The molecule has 6 heteroatoms. The van der Waals surface area contributed by atoms with E-state index in [1.807, 2.05) is 30.3 Å². The molecule has 4 rings (SSSR count). The number of carbonyl (C=O) groups excluding carboxylic acids is 2. The van der Waals surface area contributed by atoms with Crippen molar-refractivity contribution in [1.29, 1.82) is 0 Å². The van der Waals surface area contributed by atoms with E-state index < -0.39 is 0 Å². The number of benzene rings is 2. The van der Waals surface area contributed by atoms with Gasteiger partial charge in [0.1, 0.15) is 0 Å². The molecule has 6 nitrogen and oxygen atoms in total. The topological polar surface area (TPSA) is 76.0 Å². The molecule has 3 aromatic rings.